The highest BCUT2D eigenvalue weighted by atomic mass is 16.6. The van der Waals surface area contributed by atoms with E-state index in [-0.39, 0.29) is 18.5 Å². The third-order valence-electron chi connectivity index (χ3n) is 4.34. The van der Waals surface area contributed by atoms with Gasteiger partial charge in [0.15, 0.2) is 6.61 Å². The van der Waals surface area contributed by atoms with Crippen LogP contribution < -0.4 is 0 Å². The minimum atomic E-state index is -0.422. The summed E-state index contributed by atoms with van der Waals surface area (Å²) in [5.74, 6) is 0.0119. The fourth-order valence-electron chi connectivity index (χ4n) is 3.05. The maximum atomic E-state index is 11.5. The lowest BCUT2D eigenvalue weighted by atomic mass is 9.71. The van der Waals surface area contributed by atoms with Crippen molar-refractivity contribution in [3.63, 3.8) is 0 Å². The lowest BCUT2D eigenvalue weighted by Gasteiger charge is -2.35. The van der Waals surface area contributed by atoms with Gasteiger partial charge in [0.05, 0.1) is 12.5 Å². The number of hydrogen-bond acceptors (Lipinski definition) is 4. The van der Waals surface area contributed by atoms with Gasteiger partial charge in [-0.3, -0.25) is 4.79 Å². The Hall–Kier alpha value is -1.06. The van der Waals surface area contributed by atoms with Crippen molar-refractivity contribution >= 4 is 11.9 Å². The smallest absolute Gasteiger partial charge is 0.344 e. The van der Waals surface area contributed by atoms with E-state index in [1.165, 1.54) is 25.7 Å². The van der Waals surface area contributed by atoms with E-state index in [9.17, 15) is 9.59 Å². The first-order valence-electron chi connectivity index (χ1n) is 7.78. The van der Waals surface area contributed by atoms with E-state index in [1.807, 2.05) is 0 Å². The molecule has 2 aliphatic carbocycles. The quantitative estimate of drug-likeness (QED) is 0.702. The Morgan fingerprint density at radius 2 is 1.90 bits per heavy atom. The average molecular weight is 282 g/mol. The zero-order valence-corrected chi connectivity index (χ0v) is 12.7. The van der Waals surface area contributed by atoms with Crippen LogP contribution >= 0.6 is 0 Å². The molecule has 114 valence electrons. The van der Waals surface area contributed by atoms with Gasteiger partial charge in [-0.2, -0.15) is 0 Å². The van der Waals surface area contributed by atoms with Crippen LogP contribution in [0.25, 0.3) is 0 Å². The van der Waals surface area contributed by atoms with E-state index in [0.717, 1.165) is 19.3 Å². The van der Waals surface area contributed by atoms with Gasteiger partial charge in [0.1, 0.15) is 0 Å². The molecule has 0 N–H and O–H groups in total. The maximum Gasteiger partial charge on any atom is 0.344 e. The van der Waals surface area contributed by atoms with E-state index in [0.29, 0.717) is 17.9 Å². The Morgan fingerprint density at radius 3 is 2.55 bits per heavy atom. The van der Waals surface area contributed by atoms with Gasteiger partial charge < -0.3 is 9.47 Å². The fraction of sp³-hybridized carbons (Fsp3) is 0.875. The molecule has 0 bridgehead atoms. The molecular formula is C16H26O4. The summed E-state index contributed by atoms with van der Waals surface area (Å²) in [6.45, 7) is 4.83. The number of rotatable bonds is 6. The van der Waals surface area contributed by atoms with E-state index in [2.05, 4.69) is 13.8 Å². The summed E-state index contributed by atoms with van der Waals surface area (Å²) >= 11 is 0. The molecule has 0 spiro atoms. The number of carbonyl (C=O) groups is 2. The zero-order chi connectivity index (χ0) is 14.6. The van der Waals surface area contributed by atoms with Crippen LogP contribution in [-0.2, 0) is 19.1 Å². The average Bonchev–Trinajstić information content (AvgIpc) is 3.19. The fourth-order valence-corrected chi connectivity index (χ4v) is 3.05. The minimum absolute atomic E-state index is 0.0345. The second-order valence-corrected chi connectivity index (χ2v) is 7.02. The third-order valence-corrected chi connectivity index (χ3v) is 4.34. The van der Waals surface area contributed by atoms with Gasteiger partial charge in [0, 0.05) is 0 Å². The van der Waals surface area contributed by atoms with Gasteiger partial charge in [-0.1, -0.05) is 26.7 Å². The Bertz CT molecular complexity index is 357. The molecule has 2 fully saturated rings. The topological polar surface area (TPSA) is 52.6 Å². The third kappa shape index (κ3) is 5.14. The summed E-state index contributed by atoms with van der Waals surface area (Å²) in [5, 5.41) is 0. The summed E-state index contributed by atoms with van der Waals surface area (Å²) in [4.78, 5) is 22.7. The highest BCUT2D eigenvalue weighted by Crippen LogP contribution is 2.39. The summed E-state index contributed by atoms with van der Waals surface area (Å²) in [7, 11) is 0. The molecule has 1 unspecified atom stereocenters. The van der Waals surface area contributed by atoms with Gasteiger partial charge in [-0.15, -0.1) is 0 Å². The molecule has 0 radical (unpaired) electrons. The molecule has 0 heterocycles. The van der Waals surface area contributed by atoms with Crippen LogP contribution in [0.4, 0.5) is 0 Å². The van der Waals surface area contributed by atoms with Crippen molar-refractivity contribution < 1.29 is 19.1 Å². The number of ether oxygens (including phenoxy) is 2. The van der Waals surface area contributed by atoms with Crippen LogP contribution in [0.5, 0.6) is 0 Å². The summed E-state index contributed by atoms with van der Waals surface area (Å²) in [6, 6.07) is 0. The molecule has 4 heteroatoms. The zero-order valence-electron chi connectivity index (χ0n) is 12.7. The number of carbonyl (C=O) groups excluding carboxylic acids is 2. The Labute approximate surface area is 121 Å². The van der Waals surface area contributed by atoms with Crippen LogP contribution in [0, 0.1) is 17.3 Å². The second kappa shape index (κ2) is 6.59. The summed E-state index contributed by atoms with van der Waals surface area (Å²) < 4.78 is 10.0. The van der Waals surface area contributed by atoms with Crippen molar-refractivity contribution in [2.75, 3.05) is 13.2 Å². The SMILES string of the molecule is CC1(C)CCCC(CCOC(=O)COC(=O)C2CC2)C1. The first kappa shape index (κ1) is 15.3. The lowest BCUT2D eigenvalue weighted by Crippen LogP contribution is -2.24. The van der Waals surface area contributed by atoms with Crippen LogP contribution in [-0.4, -0.2) is 25.2 Å². The largest absolute Gasteiger partial charge is 0.463 e. The normalized spacial score (nSPS) is 25.0. The van der Waals surface area contributed by atoms with Crippen molar-refractivity contribution in [3.8, 4) is 0 Å². The summed E-state index contributed by atoms with van der Waals surface area (Å²) in [6.07, 6.45) is 7.71. The first-order chi connectivity index (χ1) is 9.46. The Kier molecular flexibility index (Phi) is 5.06. The van der Waals surface area contributed by atoms with Crippen molar-refractivity contribution in [1.82, 2.24) is 0 Å². The first-order valence-corrected chi connectivity index (χ1v) is 7.78. The molecule has 0 aromatic heterocycles. The molecule has 0 amide bonds. The van der Waals surface area contributed by atoms with E-state index < -0.39 is 5.97 Å². The number of esters is 2. The molecule has 0 aromatic carbocycles. The van der Waals surface area contributed by atoms with Crippen molar-refractivity contribution in [2.45, 2.75) is 58.8 Å². The van der Waals surface area contributed by atoms with Gasteiger partial charge in [-0.25, -0.2) is 4.79 Å². The molecule has 2 saturated carbocycles. The number of hydrogen-bond donors (Lipinski definition) is 0. The molecule has 2 rings (SSSR count). The molecule has 0 saturated heterocycles. The second-order valence-electron chi connectivity index (χ2n) is 7.02. The molecule has 20 heavy (non-hydrogen) atoms. The molecule has 0 aromatic rings. The van der Waals surface area contributed by atoms with E-state index in [4.69, 9.17) is 9.47 Å². The highest BCUT2D eigenvalue weighted by Gasteiger charge is 2.31. The molecule has 4 nitrogen and oxygen atoms in total. The highest BCUT2D eigenvalue weighted by molar-refractivity contribution is 5.79. The van der Waals surface area contributed by atoms with E-state index in [1.54, 1.807) is 0 Å². The van der Waals surface area contributed by atoms with Gasteiger partial charge in [-0.05, 0) is 43.4 Å². The standard InChI is InChI=1S/C16H26O4/c1-16(2)8-3-4-12(10-16)7-9-19-14(17)11-20-15(18)13-5-6-13/h12-13H,3-11H2,1-2H3. The van der Waals surface area contributed by atoms with Crippen molar-refractivity contribution in [3.05, 3.63) is 0 Å². The molecule has 1 atom stereocenters. The monoisotopic (exact) mass is 282 g/mol. The van der Waals surface area contributed by atoms with Gasteiger partial charge in [0.2, 0.25) is 0 Å². The van der Waals surface area contributed by atoms with Crippen LogP contribution in [0.15, 0.2) is 0 Å². The van der Waals surface area contributed by atoms with E-state index >= 15 is 0 Å². The van der Waals surface area contributed by atoms with Crippen LogP contribution in [0.1, 0.15) is 58.8 Å². The van der Waals surface area contributed by atoms with Gasteiger partial charge >= 0.3 is 11.9 Å². The van der Waals surface area contributed by atoms with Crippen LogP contribution in [0.3, 0.4) is 0 Å². The molecule has 2 aliphatic rings. The Morgan fingerprint density at radius 1 is 1.15 bits per heavy atom. The molecular weight excluding hydrogens is 256 g/mol. The predicted octanol–water partition coefficient (Wildman–Crippen LogP) is 3.09. The lowest BCUT2D eigenvalue weighted by molar-refractivity contribution is -0.159. The van der Waals surface area contributed by atoms with Crippen molar-refractivity contribution in [2.24, 2.45) is 17.3 Å². The van der Waals surface area contributed by atoms with Gasteiger partial charge in [0.25, 0.3) is 0 Å². The summed E-state index contributed by atoms with van der Waals surface area (Å²) in [5.41, 5.74) is 0.423. The Balaban J connectivity index is 1.55. The predicted molar refractivity (Wildman–Crippen MR) is 75.0 cm³/mol. The maximum absolute atomic E-state index is 11.5. The van der Waals surface area contributed by atoms with Crippen LogP contribution in [0.2, 0.25) is 0 Å². The van der Waals surface area contributed by atoms with Crippen molar-refractivity contribution in [1.29, 1.82) is 0 Å². The minimum Gasteiger partial charge on any atom is -0.463 e. The molecule has 0 aliphatic heterocycles.